The summed E-state index contributed by atoms with van der Waals surface area (Å²) in [5.74, 6) is 0. The van der Waals surface area contributed by atoms with Crippen LogP contribution >= 0.6 is 0 Å². The highest BCUT2D eigenvalue weighted by Crippen LogP contribution is 2.10. The van der Waals surface area contributed by atoms with E-state index in [9.17, 15) is 16.8 Å². The van der Waals surface area contributed by atoms with Gasteiger partial charge in [-0.3, -0.25) is 0 Å². The van der Waals surface area contributed by atoms with E-state index in [4.69, 9.17) is 0 Å². The summed E-state index contributed by atoms with van der Waals surface area (Å²) in [7, 11) is -8.72. The third kappa shape index (κ3) is 6.64. The van der Waals surface area contributed by atoms with Gasteiger partial charge in [-0.25, -0.2) is 18.6 Å². The molecular weight excluding hydrogens is 284 g/mol. The predicted octanol–water partition coefficient (Wildman–Crippen LogP) is -1.00. The van der Waals surface area contributed by atoms with Crippen LogP contribution in [0.2, 0.25) is 0 Å². The Morgan fingerprint density at radius 3 is 1.78 bits per heavy atom. The Morgan fingerprint density at radius 2 is 1.39 bits per heavy atom. The molecule has 8 nitrogen and oxygen atoms in total. The summed E-state index contributed by atoms with van der Waals surface area (Å²) in [5, 5.41) is 9.29. The predicted molar refractivity (Wildman–Crippen MR) is 62.3 cm³/mol. The molecular formula is C8H12N2O6S2. The maximum atomic E-state index is 10.8. The zero-order chi connectivity index (χ0) is 13.8. The largest absolute Gasteiger partial charge is 0.335 e. The molecule has 0 spiro atoms. The molecule has 1 rings (SSSR count). The van der Waals surface area contributed by atoms with Gasteiger partial charge in [-0.05, 0) is 5.56 Å². The second-order valence-electron chi connectivity index (χ2n) is 3.30. The van der Waals surface area contributed by atoms with Gasteiger partial charge in [0.1, 0.15) is 0 Å². The first kappa shape index (κ1) is 15.0. The first-order chi connectivity index (χ1) is 8.16. The van der Waals surface area contributed by atoms with Crippen molar-refractivity contribution in [3.63, 3.8) is 0 Å². The van der Waals surface area contributed by atoms with Crippen molar-refractivity contribution in [2.24, 2.45) is 10.3 Å². The second-order valence-corrected chi connectivity index (χ2v) is 5.65. The van der Waals surface area contributed by atoms with Crippen molar-refractivity contribution in [3.05, 3.63) is 35.9 Å². The Balaban J connectivity index is 2.85. The minimum Gasteiger partial charge on any atom is -0.224 e. The average molecular weight is 296 g/mol. The van der Waals surface area contributed by atoms with Crippen molar-refractivity contribution in [2.45, 2.75) is 12.7 Å². The van der Waals surface area contributed by atoms with Gasteiger partial charge in [0, 0.05) is 6.42 Å². The number of benzene rings is 1. The Labute approximate surface area is 105 Å². The van der Waals surface area contributed by atoms with E-state index < -0.39 is 26.9 Å². The third-order valence-electron chi connectivity index (χ3n) is 1.73. The van der Waals surface area contributed by atoms with Gasteiger partial charge in [0.05, 0.1) is 0 Å². The minimum atomic E-state index is -4.36. The van der Waals surface area contributed by atoms with Crippen molar-refractivity contribution >= 4 is 20.6 Å². The molecule has 18 heavy (non-hydrogen) atoms. The number of hydrogen-bond donors (Lipinski definition) is 2. The van der Waals surface area contributed by atoms with Crippen LogP contribution in [0.25, 0.3) is 0 Å². The monoisotopic (exact) mass is 296 g/mol. The first-order valence-corrected chi connectivity index (χ1v) is 7.56. The molecule has 0 amide bonds. The van der Waals surface area contributed by atoms with Crippen LogP contribution in [0.1, 0.15) is 5.56 Å². The third-order valence-corrected chi connectivity index (χ3v) is 2.69. The molecule has 102 valence electrons. The van der Waals surface area contributed by atoms with E-state index >= 15 is 0 Å². The Bertz CT molecular complexity index is 549. The molecule has 0 atom stereocenters. The maximum absolute atomic E-state index is 10.8. The fraction of sp³-hybridized carbons (Fsp3) is 0.250. The quantitative estimate of drug-likeness (QED) is 0.645. The van der Waals surface area contributed by atoms with Crippen LogP contribution < -0.4 is 10.3 Å². The van der Waals surface area contributed by atoms with Gasteiger partial charge in [-0.15, -0.1) is 0 Å². The molecule has 0 saturated carbocycles. The zero-order valence-corrected chi connectivity index (χ0v) is 10.7. The molecule has 10 heteroatoms. The lowest BCUT2D eigenvalue weighted by atomic mass is 10.1. The Kier molecular flexibility index (Phi) is 4.78. The highest BCUT2D eigenvalue weighted by Gasteiger charge is 2.22. The fourth-order valence-electron chi connectivity index (χ4n) is 1.19. The molecule has 0 aliphatic heterocycles. The van der Waals surface area contributed by atoms with E-state index in [0.717, 1.165) is 0 Å². The summed E-state index contributed by atoms with van der Waals surface area (Å²) < 4.78 is 51.6. The van der Waals surface area contributed by atoms with Crippen LogP contribution in [0, 0.1) is 0 Å². The van der Waals surface area contributed by atoms with Crippen LogP contribution in [0.15, 0.2) is 30.3 Å². The standard InChI is InChI=1S/C8H12N2O6S2/c9-17(11,12)15-8(16-18(10,13)14)6-7-4-2-1-3-5-7/h1-5,8H,6H2,(H2,9,11,12)(H2,10,13,14). The van der Waals surface area contributed by atoms with Gasteiger partial charge in [-0.1, -0.05) is 30.3 Å². The molecule has 0 fully saturated rings. The molecule has 0 radical (unpaired) electrons. The van der Waals surface area contributed by atoms with E-state index in [1.54, 1.807) is 30.3 Å². The molecule has 0 aliphatic carbocycles. The fourth-order valence-corrected chi connectivity index (χ4v) is 2.05. The van der Waals surface area contributed by atoms with Gasteiger partial charge in [0.25, 0.3) is 0 Å². The molecule has 0 unspecified atom stereocenters. The van der Waals surface area contributed by atoms with Crippen LogP contribution in [0.3, 0.4) is 0 Å². The first-order valence-electron chi connectivity index (χ1n) is 4.62. The van der Waals surface area contributed by atoms with E-state index in [2.05, 4.69) is 18.6 Å². The molecule has 0 saturated heterocycles. The average Bonchev–Trinajstić information content (AvgIpc) is 2.13. The van der Waals surface area contributed by atoms with Crippen LogP contribution in [-0.4, -0.2) is 23.1 Å². The molecule has 1 aromatic carbocycles. The number of hydrogen-bond acceptors (Lipinski definition) is 6. The summed E-state index contributed by atoms with van der Waals surface area (Å²) in [6.07, 6.45) is -1.79. The second kappa shape index (κ2) is 5.73. The van der Waals surface area contributed by atoms with Crippen molar-refractivity contribution in [2.75, 3.05) is 0 Å². The van der Waals surface area contributed by atoms with Gasteiger partial charge in [0.15, 0.2) is 6.29 Å². The maximum Gasteiger partial charge on any atom is 0.335 e. The van der Waals surface area contributed by atoms with E-state index in [1.807, 2.05) is 0 Å². The van der Waals surface area contributed by atoms with Crippen molar-refractivity contribution in [3.8, 4) is 0 Å². The SMILES string of the molecule is NS(=O)(=O)OC(Cc1ccccc1)OS(N)(=O)=O. The Hall–Kier alpha value is -1.04. The summed E-state index contributed by atoms with van der Waals surface area (Å²) in [4.78, 5) is 0. The molecule has 0 aromatic heterocycles. The summed E-state index contributed by atoms with van der Waals surface area (Å²) in [5.41, 5.74) is 0.592. The van der Waals surface area contributed by atoms with Gasteiger partial charge in [-0.2, -0.15) is 16.8 Å². The van der Waals surface area contributed by atoms with Crippen LogP contribution in [-0.2, 0) is 35.4 Å². The highest BCUT2D eigenvalue weighted by molar-refractivity contribution is 7.85. The van der Waals surface area contributed by atoms with E-state index in [0.29, 0.717) is 5.56 Å². The summed E-state index contributed by atoms with van der Waals surface area (Å²) >= 11 is 0. The molecule has 4 N–H and O–H groups in total. The number of rotatable bonds is 6. The minimum absolute atomic E-state index is 0.145. The topological polar surface area (TPSA) is 139 Å². The lowest BCUT2D eigenvalue weighted by Gasteiger charge is -2.14. The van der Waals surface area contributed by atoms with Crippen LogP contribution in [0.5, 0.6) is 0 Å². The lowest BCUT2D eigenvalue weighted by Crippen LogP contribution is -2.32. The van der Waals surface area contributed by atoms with Crippen LogP contribution in [0.4, 0.5) is 0 Å². The van der Waals surface area contributed by atoms with Gasteiger partial charge >= 0.3 is 20.6 Å². The highest BCUT2D eigenvalue weighted by atomic mass is 32.2. The summed E-state index contributed by atoms with van der Waals surface area (Å²) in [6, 6.07) is 8.36. The van der Waals surface area contributed by atoms with E-state index in [1.165, 1.54) is 0 Å². The van der Waals surface area contributed by atoms with E-state index in [-0.39, 0.29) is 6.42 Å². The zero-order valence-electron chi connectivity index (χ0n) is 9.09. The molecule has 0 aliphatic rings. The number of nitrogens with two attached hydrogens (primary N) is 2. The molecule has 0 heterocycles. The molecule has 0 bridgehead atoms. The normalized spacial score (nSPS) is 12.8. The van der Waals surface area contributed by atoms with Crippen molar-refractivity contribution < 1.29 is 25.2 Å². The lowest BCUT2D eigenvalue weighted by molar-refractivity contribution is 0.0184. The molecule has 1 aromatic rings. The van der Waals surface area contributed by atoms with Gasteiger partial charge in [0.2, 0.25) is 0 Å². The van der Waals surface area contributed by atoms with Crippen molar-refractivity contribution in [1.82, 2.24) is 0 Å². The van der Waals surface area contributed by atoms with Gasteiger partial charge < -0.3 is 0 Å². The smallest absolute Gasteiger partial charge is 0.224 e. The Morgan fingerprint density at radius 1 is 0.944 bits per heavy atom. The summed E-state index contributed by atoms with van der Waals surface area (Å²) in [6.45, 7) is 0. The van der Waals surface area contributed by atoms with Crippen molar-refractivity contribution in [1.29, 1.82) is 0 Å².